The van der Waals surface area contributed by atoms with E-state index in [-0.39, 0.29) is 23.8 Å². The molecular weight excluding hydrogens is 697 g/mol. The van der Waals surface area contributed by atoms with Gasteiger partial charge in [0.25, 0.3) is 11.8 Å². The Morgan fingerprint density at radius 3 is 2.20 bits per heavy atom. The van der Waals surface area contributed by atoms with E-state index < -0.39 is 0 Å². The molecule has 2 aliphatic heterocycles. The maximum absolute atomic E-state index is 14.9. The molecule has 9 nitrogen and oxygen atoms in total. The maximum Gasteiger partial charge on any atom is 0.255 e. The van der Waals surface area contributed by atoms with Gasteiger partial charge in [-0.05, 0) is 112 Å². The number of unbranched alkanes of at least 4 members (excludes halogenated alkanes) is 2. The third-order valence-electron chi connectivity index (χ3n) is 11.8. The summed E-state index contributed by atoms with van der Waals surface area (Å²) in [7, 11) is 6.12. The summed E-state index contributed by atoms with van der Waals surface area (Å²) in [5, 5.41) is 3.44. The number of nitrogens with one attached hydrogen (secondary N) is 1. The molecule has 0 unspecified atom stereocenters. The van der Waals surface area contributed by atoms with Crippen molar-refractivity contribution in [3.05, 3.63) is 111 Å². The average Bonchev–Trinajstić information content (AvgIpc) is 3.49. The normalized spacial score (nSPS) is 15.1. The lowest BCUT2D eigenvalue weighted by atomic mass is 9.89. The fraction of sp³-hybridized carbons (Fsp3) is 0.468. The zero-order valence-corrected chi connectivity index (χ0v) is 34.8. The summed E-state index contributed by atoms with van der Waals surface area (Å²) in [6.45, 7) is 13.3. The van der Waals surface area contributed by atoms with Crippen LogP contribution < -0.4 is 5.32 Å². The van der Waals surface area contributed by atoms with Crippen LogP contribution in [0.1, 0.15) is 101 Å². The highest BCUT2D eigenvalue weighted by molar-refractivity contribution is 6.03. The number of hydrogen-bond donors (Lipinski definition) is 1. The van der Waals surface area contributed by atoms with Gasteiger partial charge in [0.2, 0.25) is 5.91 Å². The number of likely N-dealkylation sites (N-methyl/N-ethyl adjacent to an activating group) is 1. The van der Waals surface area contributed by atoms with E-state index in [4.69, 9.17) is 0 Å². The van der Waals surface area contributed by atoms with Crippen LogP contribution in [0.15, 0.2) is 66.7 Å². The Kier molecular flexibility index (Phi) is 13.4. The van der Waals surface area contributed by atoms with Crippen molar-refractivity contribution in [3.8, 4) is 11.3 Å². The predicted octanol–water partition coefficient (Wildman–Crippen LogP) is 7.73. The second-order valence-electron chi connectivity index (χ2n) is 16.2. The summed E-state index contributed by atoms with van der Waals surface area (Å²) in [5.74, 6) is 0.119. The number of anilines is 1. The van der Waals surface area contributed by atoms with E-state index in [2.05, 4.69) is 73.9 Å². The van der Waals surface area contributed by atoms with Crippen LogP contribution in [0.25, 0.3) is 11.3 Å². The van der Waals surface area contributed by atoms with Crippen molar-refractivity contribution in [1.82, 2.24) is 24.2 Å². The Morgan fingerprint density at radius 1 is 0.821 bits per heavy atom. The van der Waals surface area contributed by atoms with Crippen LogP contribution in [0.3, 0.4) is 0 Å². The monoisotopic (exact) mass is 758 g/mol. The van der Waals surface area contributed by atoms with E-state index in [1.165, 1.54) is 11.1 Å². The van der Waals surface area contributed by atoms with Crippen LogP contribution in [0, 0.1) is 6.92 Å². The first-order valence-corrected chi connectivity index (χ1v) is 20.7. The fourth-order valence-corrected chi connectivity index (χ4v) is 8.12. The lowest BCUT2D eigenvalue weighted by Gasteiger charge is -2.36. The molecule has 9 heteroatoms. The van der Waals surface area contributed by atoms with Gasteiger partial charge in [0.05, 0.1) is 12.0 Å². The van der Waals surface area contributed by atoms with Gasteiger partial charge in [0.15, 0.2) is 0 Å². The van der Waals surface area contributed by atoms with Crippen LogP contribution in [0.4, 0.5) is 5.69 Å². The van der Waals surface area contributed by atoms with Crippen LogP contribution in [0.2, 0.25) is 0 Å². The number of amides is 3. The Bertz CT molecular complexity index is 2010. The van der Waals surface area contributed by atoms with Crippen molar-refractivity contribution in [3.63, 3.8) is 0 Å². The first-order valence-electron chi connectivity index (χ1n) is 20.7. The first-order chi connectivity index (χ1) is 27.0. The van der Waals surface area contributed by atoms with E-state index in [0.29, 0.717) is 43.6 Å². The van der Waals surface area contributed by atoms with Crippen LogP contribution in [0.5, 0.6) is 0 Å². The highest BCUT2D eigenvalue weighted by Gasteiger charge is 2.32. The summed E-state index contributed by atoms with van der Waals surface area (Å²) in [6, 6.07) is 22.8. The van der Waals surface area contributed by atoms with Gasteiger partial charge < -0.3 is 29.5 Å². The molecule has 0 spiro atoms. The summed E-state index contributed by atoms with van der Waals surface area (Å²) in [4.78, 5) is 50.9. The van der Waals surface area contributed by atoms with Crippen molar-refractivity contribution in [2.75, 3.05) is 52.1 Å². The third kappa shape index (κ3) is 9.21. The van der Waals surface area contributed by atoms with Gasteiger partial charge in [0, 0.05) is 87.1 Å². The zero-order chi connectivity index (χ0) is 39.9. The van der Waals surface area contributed by atoms with E-state index >= 15 is 0 Å². The van der Waals surface area contributed by atoms with Crippen molar-refractivity contribution in [2.24, 2.45) is 7.05 Å². The van der Waals surface area contributed by atoms with Gasteiger partial charge in [-0.25, -0.2) is 0 Å². The minimum Gasteiger partial charge on any atom is -0.384 e. The highest BCUT2D eigenvalue weighted by Crippen LogP contribution is 2.35. The van der Waals surface area contributed by atoms with E-state index in [0.717, 1.165) is 97.6 Å². The molecular formula is C47H62N6O3. The Hall–Kier alpha value is -4.89. The molecule has 3 heterocycles. The van der Waals surface area contributed by atoms with E-state index in [1.807, 2.05) is 71.1 Å². The second-order valence-corrected chi connectivity index (χ2v) is 16.2. The maximum atomic E-state index is 14.9. The molecule has 4 aromatic rings. The fourth-order valence-electron chi connectivity index (χ4n) is 8.12. The Labute approximate surface area is 334 Å². The molecule has 56 heavy (non-hydrogen) atoms. The van der Waals surface area contributed by atoms with Gasteiger partial charge in [-0.2, -0.15) is 0 Å². The molecule has 0 saturated carbocycles. The van der Waals surface area contributed by atoms with Gasteiger partial charge >= 0.3 is 0 Å². The molecule has 0 bridgehead atoms. The van der Waals surface area contributed by atoms with Gasteiger partial charge in [-0.1, -0.05) is 63.1 Å². The molecule has 6 rings (SSSR count). The second kappa shape index (κ2) is 18.4. The number of nitrogens with zero attached hydrogens (tertiary/aromatic N) is 5. The summed E-state index contributed by atoms with van der Waals surface area (Å²) in [5.41, 5.74) is 10.6. The van der Waals surface area contributed by atoms with Crippen molar-refractivity contribution in [2.45, 2.75) is 91.8 Å². The molecule has 1 atom stereocenters. The SMILES string of the molecule is CCCCN(CCCC)C(=O)c1cc(-c2cc3c(cc2C(=O)N2Cc4ccccc4C[C@H]2C)CN(C(=O)Cc2ccc(NCCN(C)C)cc2)CC3)n(C)c1C. The first kappa shape index (κ1) is 40.8. The van der Waals surface area contributed by atoms with Crippen molar-refractivity contribution >= 4 is 23.4 Å². The van der Waals surface area contributed by atoms with Gasteiger partial charge in [-0.3, -0.25) is 14.4 Å². The average molecular weight is 759 g/mol. The molecule has 1 N–H and O–H groups in total. The highest BCUT2D eigenvalue weighted by atomic mass is 16.2. The number of carbonyl (C=O) groups excluding carboxylic acids is 3. The number of fused-ring (bicyclic) bond motifs is 2. The van der Waals surface area contributed by atoms with E-state index in [1.54, 1.807) is 0 Å². The lowest BCUT2D eigenvalue weighted by molar-refractivity contribution is -0.131. The van der Waals surface area contributed by atoms with E-state index in [9.17, 15) is 14.4 Å². The number of aromatic nitrogens is 1. The molecule has 3 amide bonds. The summed E-state index contributed by atoms with van der Waals surface area (Å²) >= 11 is 0. The lowest BCUT2D eigenvalue weighted by Crippen LogP contribution is -2.43. The topological polar surface area (TPSA) is 81.1 Å². The number of benzene rings is 3. The molecule has 0 radical (unpaired) electrons. The minimum atomic E-state index is -0.0215. The molecule has 0 aliphatic carbocycles. The molecule has 1 aromatic heterocycles. The standard InChI is InChI=1S/C47H62N6O3/c1-8-10-22-51(23-11-9-2)46(55)41-30-44(50(7)34(41)4)42-28-37-20-24-52(45(54)27-35-16-18-40(19-17-35)48-21-25-49(5)6)31-39(37)29-43(42)47(56)53-32-38-15-13-12-14-36(38)26-33(53)3/h12-19,28-30,33,48H,8-11,20-27,31-32H2,1-7H3/t33-/m1/s1. The number of rotatable bonds is 15. The Morgan fingerprint density at radius 2 is 1.52 bits per heavy atom. The summed E-state index contributed by atoms with van der Waals surface area (Å²) < 4.78 is 2.08. The van der Waals surface area contributed by atoms with Crippen LogP contribution in [-0.4, -0.2) is 94.7 Å². The molecule has 2 aliphatic rings. The van der Waals surface area contributed by atoms with Gasteiger partial charge in [0.1, 0.15) is 0 Å². The predicted molar refractivity (Wildman–Crippen MR) is 227 cm³/mol. The minimum absolute atomic E-state index is 0.0203. The number of hydrogen-bond acceptors (Lipinski definition) is 5. The summed E-state index contributed by atoms with van der Waals surface area (Å²) in [6.07, 6.45) is 5.81. The van der Waals surface area contributed by atoms with Gasteiger partial charge in [-0.15, -0.1) is 0 Å². The zero-order valence-electron chi connectivity index (χ0n) is 34.8. The third-order valence-corrected chi connectivity index (χ3v) is 11.8. The molecule has 298 valence electrons. The van der Waals surface area contributed by atoms with Crippen molar-refractivity contribution in [1.29, 1.82) is 0 Å². The smallest absolute Gasteiger partial charge is 0.255 e. The van der Waals surface area contributed by atoms with Crippen LogP contribution in [-0.2, 0) is 44.2 Å². The largest absolute Gasteiger partial charge is 0.384 e. The van der Waals surface area contributed by atoms with Crippen LogP contribution >= 0.6 is 0 Å². The molecule has 3 aromatic carbocycles. The molecule has 0 fully saturated rings. The number of carbonyl (C=O) groups is 3. The van der Waals surface area contributed by atoms with Crippen molar-refractivity contribution < 1.29 is 14.4 Å². The Balaban J connectivity index is 1.31. The quantitative estimate of drug-likeness (QED) is 0.134. The molecule has 0 saturated heterocycles.